The van der Waals surface area contributed by atoms with E-state index in [9.17, 15) is 9.59 Å². The first-order chi connectivity index (χ1) is 17.5. The van der Waals surface area contributed by atoms with Gasteiger partial charge in [0, 0.05) is 38.0 Å². The molecule has 0 radical (unpaired) electrons. The van der Waals surface area contributed by atoms with Gasteiger partial charge in [0.25, 0.3) is 11.8 Å². The van der Waals surface area contributed by atoms with Gasteiger partial charge < -0.3 is 15.0 Å². The van der Waals surface area contributed by atoms with Gasteiger partial charge in [-0.05, 0) is 55.3 Å². The minimum absolute atomic E-state index is 0.232. The van der Waals surface area contributed by atoms with Crippen molar-refractivity contribution in [2.75, 3.05) is 48.6 Å². The monoisotopic (exact) mass is 504 g/mol. The number of nitrogens with zero attached hydrogens (tertiary/aromatic N) is 3. The van der Waals surface area contributed by atoms with E-state index in [2.05, 4.69) is 25.8 Å². The molecule has 5 rings (SSSR count). The first-order valence-corrected chi connectivity index (χ1v) is 12.6. The molecule has 2 aromatic heterocycles. The zero-order valence-corrected chi connectivity index (χ0v) is 21.0. The second kappa shape index (κ2) is 10.4. The number of ether oxygens (including phenoxy) is 1. The smallest absolute Gasteiger partial charge is 0.279 e. The second-order valence-corrected chi connectivity index (χ2v) is 9.70. The summed E-state index contributed by atoms with van der Waals surface area (Å²) in [6.45, 7) is 5.20. The Morgan fingerprint density at radius 2 is 1.92 bits per heavy atom. The minimum atomic E-state index is -0.244. The predicted molar refractivity (Wildman–Crippen MR) is 143 cm³/mol. The molecular weight excluding hydrogens is 476 g/mol. The van der Waals surface area contributed by atoms with Crippen molar-refractivity contribution < 1.29 is 14.3 Å². The number of hydrogen-bond donors (Lipinski definition) is 3. The number of rotatable bonds is 6. The summed E-state index contributed by atoms with van der Waals surface area (Å²) in [7, 11) is 1.78. The fourth-order valence-electron chi connectivity index (χ4n) is 4.23. The predicted octanol–water partition coefficient (Wildman–Crippen LogP) is 4.19. The van der Waals surface area contributed by atoms with E-state index >= 15 is 0 Å². The standard InChI is InChI=1S/C26H28N6O3S/c1-17-15-19(32-11-6-13-35-14-12-32)9-10-20(17)24(33)27-23-21-16-22(36-26(21)29-28-23)25(34)30-31(2)18-7-4-3-5-8-18/h3-5,7-10,15-16H,6,11-14H2,1-2H3,(H,30,34)(H2,27,28,29,33). The molecule has 0 atom stereocenters. The first-order valence-electron chi connectivity index (χ1n) is 11.8. The lowest BCUT2D eigenvalue weighted by molar-refractivity contribution is 0.0954. The van der Waals surface area contributed by atoms with Gasteiger partial charge in [-0.25, -0.2) is 0 Å². The lowest BCUT2D eigenvalue weighted by Crippen LogP contribution is -2.38. The highest BCUT2D eigenvalue weighted by molar-refractivity contribution is 7.20. The largest absolute Gasteiger partial charge is 0.380 e. The van der Waals surface area contributed by atoms with Crippen molar-refractivity contribution in [3.63, 3.8) is 0 Å². The average molecular weight is 505 g/mol. The maximum absolute atomic E-state index is 13.1. The third-order valence-electron chi connectivity index (χ3n) is 6.17. The summed E-state index contributed by atoms with van der Waals surface area (Å²) in [5.74, 6) is -0.00774. The Hall–Kier alpha value is -3.89. The summed E-state index contributed by atoms with van der Waals surface area (Å²) in [6.07, 6.45) is 0.986. The number of aryl methyl sites for hydroxylation is 1. The van der Waals surface area contributed by atoms with E-state index in [4.69, 9.17) is 4.74 Å². The van der Waals surface area contributed by atoms with Gasteiger partial charge in [-0.2, -0.15) is 5.10 Å². The minimum Gasteiger partial charge on any atom is -0.380 e. The molecule has 36 heavy (non-hydrogen) atoms. The Morgan fingerprint density at radius 3 is 2.72 bits per heavy atom. The number of thiophene rings is 1. The summed E-state index contributed by atoms with van der Waals surface area (Å²) >= 11 is 1.26. The van der Waals surface area contributed by atoms with Crippen molar-refractivity contribution in [1.29, 1.82) is 0 Å². The number of nitrogens with one attached hydrogen (secondary N) is 3. The van der Waals surface area contributed by atoms with E-state index in [0.717, 1.165) is 43.1 Å². The molecule has 0 aliphatic carbocycles. The SMILES string of the molecule is Cc1cc(N2CCCOCC2)ccc1C(=O)Nc1[nH]nc2sc(C(=O)NN(C)c3ccccc3)cc12. The van der Waals surface area contributed by atoms with Crippen LogP contribution in [0.2, 0.25) is 0 Å². The average Bonchev–Trinajstić information content (AvgIpc) is 3.35. The molecule has 1 aliphatic heterocycles. The van der Waals surface area contributed by atoms with Crippen molar-refractivity contribution in [2.45, 2.75) is 13.3 Å². The normalized spacial score (nSPS) is 13.9. The van der Waals surface area contributed by atoms with Crippen molar-refractivity contribution in [3.05, 3.63) is 70.6 Å². The lowest BCUT2D eigenvalue weighted by atomic mass is 10.1. The number of benzene rings is 2. The molecule has 3 N–H and O–H groups in total. The number of hydrogen-bond acceptors (Lipinski definition) is 7. The molecule has 1 aliphatic rings. The fourth-order valence-corrected chi connectivity index (χ4v) is 5.11. The molecule has 186 valence electrons. The van der Waals surface area contributed by atoms with Gasteiger partial charge in [0.2, 0.25) is 0 Å². The van der Waals surface area contributed by atoms with Gasteiger partial charge in [-0.15, -0.1) is 11.3 Å². The van der Waals surface area contributed by atoms with Crippen LogP contribution >= 0.6 is 11.3 Å². The molecule has 10 heteroatoms. The van der Waals surface area contributed by atoms with Crippen molar-refractivity contribution >= 4 is 50.6 Å². The molecule has 1 fully saturated rings. The quantitative estimate of drug-likeness (QED) is 0.340. The molecule has 0 spiro atoms. The van der Waals surface area contributed by atoms with Crippen LogP contribution in [0.25, 0.3) is 10.2 Å². The third kappa shape index (κ3) is 5.05. The Balaban J connectivity index is 1.29. The summed E-state index contributed by atoms with van der Waals surface area (Å²) in [4.78, 5) is 29.3. The summed E-state index contributed by atoms with van der Waals surface area (Å²) in [6, 6.07) is 17.2. The Kier molecular flexibility index (Phi) is 6.88. The molecule has 0 saturated carbocycles. The highest BCUT2D eigenvalue weighted by Crippen LogP contribution is 2.30. The molecule has 0 unspecified atom stereocenters. The number of carbonyl (C=O) groups is 2. The molecule has 9 nitrogen and oxygen atoms in total. The first kappa shape index (κ1) is 23.8. The van der Waals surface area contributed by atoms with E-state index in [0.29, 0.717) is 33.1 Å². The molecule has 1 saturated heterocycles. The second-order valence-electron chi connectivity index (χ2n) is 8.67. The van der Waals surface area contributed by atoms with Gasteiger partial charge in [0.1, 0.15) is 10.6 Å². The fraction of sp³-hybridized carbons (Fsp3) is 0.269. The van der Waals surface area contributed by atoms with E-state index in [1.54, 1.807) is 18.1 Å². The number of aromatic amines is 1. The molecule has 4 aromatic rings. The van der Waals surface area contributed by atoms with Crippen LogP contribution in [0.5, 0.6) is 0 Å². The van der Waals surface area contributed by atoms with E-state index in [1.165, 1.54) is 11.3 Å². The highest BCUT2D eigenvalue weighted by atomic mass is 32.1. The van der Waals surface area contributed by atoms with Crippen LogP contribution in [-0.2, 0) is 4.74 Å². The van der Waals surface area contributed by atoms with Crippen LogP contribution in [0.15, 0.2) is 54.6 Å². The van der Waals surface area contributed by atoms with Crippen molar-refractivity contribution in [2.24, 2.45) is 0 Å². The van der Waals surface area contributed by atoms with Crippen LogP contribution in [0.1, 0.15) is 32.0 Å². The van der Waals surface area contributed by atoms with E-state index in [-0.39, 0.29) is 11.8 Å². The van der Waals surface area contributed by atoms with Gasteiger partial charge in [0.05, 0.1) is 22.6 Å². The number of para-hydroxylation sites is 1. The van der Waals surface area contributed by atoms with E-state index < -0.39 is 0 Å². The van der Waals surface area contributed by atoms with Gasteiger partial charge in [-0.1, -0.05) is 18.2 Å². The zero-order chi connectivity index (χ0) is 25.1. The Labute approximate surface area is 213 Å². The summed E-state index contributed by atoms with van der Waals surface area (Å²) in [5.41, 5.74) is 6.30. The topological polar surface area (TPSA) is 103 Å². The summed E-state index contributed by atoms with van der Waals surface area (Å²) < 4.78 is 5.55. The number of amides is 2. The van der Waals surface area contributed by atoms with Crippen LogP contribution < -0.4 is 20.7 Å². The van der Waals surface area contributed by atoms with Crippen LogP contribution in [-0.4, -0.2) is 55.4 Å². The molecule has 0 bridgehead atoms. The van der Waals surface area contributed by atoms with Gasteiger partial charge in [0.15, 0.2) is 0 Å². The molecule has 3 heterocycles. The number of H-pyrrole nitrogens is 1. The molecule has 2 amide bonds. The van der Waals surface area contributed by atoms with Crippen LogP contribution in [0, 0.1) is 6.92 Å². The van der Waals surface area contributed by atoms with Crippen molar-refractivity contribution in [3.8, 4) is 0 Å². The number of carbonyl (C=O) groups excluding carboxylic acids is 2. The number of hydrazine groups is 1. The zero-order valence-electron chi connectivity index (χ0n) is 20.2. The number of anilines is 3. The highest BCUT2D eigenvalue weighted by Gasteiger charge is 2.19. The van der Waals surface area contributed by atoms with Crippen molar-refractivity contribution in [1.82, 2.24) is 15.6 Å². The molecule has 2 aromatic carbocycles. The maximum atomic E-state index is 13.1. The lowest BCUT2D eigenvalue weighted by Gasteiger charge is -2.23. The van der Waals surface area contributed by atoms with Crippen LogP contribution in [0.4, 0.5) is 17.2 Å². The van der Waals surface area contributed by atoms with Gasteiger partial charge in [-0.3, -0.25) is 25.1 Å². The van der Waals surface area contributed by atoms with Crippen LogP contribution in [0.3, 0.4) is 0 Å². The van der Waals surface area contributed by atoms with Gasteiger partial charge >= 0.3 is 0 Å². The number of fused-ring (bicyclic) bond motifs is 1. The Bertz CT molecular complexity index is 1380. The summed E-state index contributed by atoms with van der Waals surface area (Å²) in [5, 5.41) is 12.4. The Morgan fingerprint density at radius 1 is 1.08 bits per heavy atom. The van der Waals surface area contributed by atoms with E-state index in [1.807, 2.05) is 55.5 Å². The third-order valence-corrected chi connectivity index (χ3v) is 7.20. The number of aromatic nitrogens is 2. The maximum Gasteiger partial charge on any atom is 0.279 e. The molecular formula is C26H28N6O3S.